The average molecular weight is 266 g/mol. The predicted octanol–water partition coefficient (Wildman–Crippen LogP) is 3.65. The molecular weight excluding hydrogens is 240 g/mol. The Morgan fingerprint density at radius 2 is 2.17 bits per heavy atom. The molecule has 1 aromatic heterocycles. The van der Waals surface area contributed by atoms with Crippen molar-refractivity contribution >= 4 is 11.3 Å². The second-order valence-corrected chi connectivity index (χ2v) is 5.97. The summed E-state index contributed by atoms with van der Waals surface area (Å²) in [5.74, 6) is 0. The highest BCUT2D eigenvalue weighted by atomic mass is 32.1. The zero-order valence-electron chi connectivity index (χ0n) is 11.7. The van der Waals surface area contributed by atoms with Crippen molar-refractivity contribution in [1.29, 1.82) is 0 Å². The summed E-state index contributed by atoms with van der Waals surface area (Å²) in [5, 5.41) is 3.45. The molecule has 1 rings (SSSR count). The summed E-state index contributed by atoms with van der Waals surface area (Å²) >= 11 is 1.93. The molecule has 0 aliphatic carbocycles. The first-order valence-corrected chi connectivity index (χ1v) is 7.65. The summed E-state index contributed by atoms with van der Waals surface area (Å²) in [5.41, 5.74) is 0. The molecule has 0 saturated carbocycles. The van der Waals surface area contributed by atoms with Crippen LogP contribution in [0.2, 0.25) is 0 Å². The van der Waals surface area contributed by atoms with E-state index in [0.717, 1.165) is 32.6 Å². The van der Waals surface area contributed by atoms with Crippen molar-refractivity contribution in [3.8, 4) is 0 Å². The van der Waals surface area contributed by atoms with E-state index in [2.05, 4.69) is 42.9 Å². The lowest BCUT2D eigenvalue weighted by molar-refractivity contribution is 0.326. The van der Waals surface area contributed by atoms with Gasteiger partial charge in [0.05, 0.1) is 0 Å². The fraction of sp³-hybridized carbons (Fsp3) is 0.600. The minimum Gasteiger partial charge on any atom is -0.312 e. The topological polar surface area (TPSA) is 15.3 Å². The Hall–Kier alpha value is -0.640. The van der Waals surface area contributed by atoms with Crippen LogP contribution in [0.15, 0.2) is 24.8 Å². The molecule has 18 heavy (non-hydrogen) atoms. The number of rotatable bonds is 10. The third-order valence-corrected chi connectivity index (χ3v) is 3.89. The minimum atomic E-state index is 1.01. The monoisotopic (exact) mass is 266 g/mol. The molecule has 0 fully saturated rings. The van der Waals surface area contributed by atoms with Gasteiger partial charge in [-0.05, 0) is 51.5 Å². The summed E-state index contributed by atoms with van der Waals surface area (Å²) in [6.45, 7) is 10.3. The van der Waals surface area contributed by atoms with Gasteiger partial charge in [-0.1, -0.05) is 13.0 Å². The van der Waals surface area contributed by atoms with E-state index in [1.807, 2.05) is 17.4 Å². The quantitative estimate of drug-likeness (QED) is 0.514. The first kappa shape index (κ1) is 15.4. The number of hydrogen-bond donors (Lipinski definition) is 1. The van der Waals surface area contributed by atoms with E-state index in [0.29, 0.717) is 0 Å². The maximum Gasteiger partial charge on any atom is 0.0324 e. The Morgan fingerprint density at radius 1 is 1.39 bits per heavy atom. The lowest BCUT2D eigenvalue weighted by Crippen LogP contribution is -2.18. The highest BCUT2D eigenvalue weighted by Crippen LogP contribution is 2.18. The summed E-state index contributed by atoms with van der Waals surface area (Å²) in [4.78, 5) is 5.29. The van der Waals surface area contributed by atoms with Crippen molar-refractivity contribution < 1.29 is 0 Å². The highest BCUT2D eigenvalue weighted by molar-refractivity contribution is 7.11. The summed E-state index contributed by atoms with van der Waals surface area (Å²) in [6, 6.07) is 4.51. The molecule has 1 aromatic rings. The Balaban J connectivity index is 2.27. The van der Waals surface area contributed by atoms with Crippen LogP contribution in [0.3, 0.4) is 0 Å². The highest BCUT2D eigenvalue weighted by Gasteiger charge is 2.03. The maximum absolute atomic E-state index is 3.76. The van der Waals surface area contributed by atoms with Crippen molar-refractivity contribution in [3.63, 3.8) is 0 Å². The third kappa shape index (κ3) is 6.34. The van der Waals surface area contributed by atoms with Gasteiger partial charge in [0.15, 0.2) is 0 Å². The van der Waals surface area contributed by atoms with Gasteiger partial charge in [-0.15, -0.1) is 17.9 Å². The van der Waals surface area contributed by atoms with Crippen LogP contribution in [0.4, 0.5) is 0 Å². The van der Waals surface area contributed by atoms with E-state index in [1.54, 1.807) is 0 Å². The zero-order chi connectivity index (χ0) is 13.2. The molecule has 0 aliphatic rings. The van der Waals surface area contributed by atoms with Crippen molar-refractivity contribution in [2.75, 3.05) is 20.1 Å². The minimum absolute atomic E-state index is 1.01. The Morgan fingerprint density at radius 3 is 2.89 bits per heavy atom. The number of allylic oxidation sites excluding steroid dienone is 1. The molecule has 0 saturated heterocycles. The summed E-state index contributed by atoms with van der Waals surface area (Å²) in [7, 11) is 2.19. The maximum atomic E-state index is 3.76. The van der Waals surface area contributed by atoms with E-state index in [-0.39, 0.29) is 0 Å². The number of thiophene rings is 1. The smallest absolute Gasteiger partial charge is 0.0324 e. The molecule has 1 heterocycles. The standard InChI is InChI=1S/C15H26N2S/c1-4-6-7-11-17(3)13-15-9-8-14(18-15)12-16-10-5-2/h4,8-9,16H,1,5-7,10-13H2,2-3H3. The molecule has 0 aliphatic heterocycles. The van der Waals surface area contributed by atoms with Gasteiger partial charge in [0.25, 0.3) is 0 Å². The summed E-state index contributed by atoms with van der Waals surface area (Å²) < 4.78 is 0. The first-order chi connectivity index (χ1) is 8.76. The Kier molecular flexibility index (Phi) is 7.98. The van der Waals surface area contributed by atoms with Crippen LogP contribution in [0.5, 0.6) is 0 Å². The zero-order valence-corrected chi connectivity index (χ0v) is 12.6. The van der Waals surface area contributed by atoms with Gasteiger partial charge < -0.3 is 10.2 Å². The van der Waals surface area contributed by atoms with Crippen LogP contribution in [0, 0.1) is 0 Å². The van der Waals surface area contributed by atoms with Gasteiger partial charge in [0.2, 0.25) is 0 Å². The Bertz CT molecular complexity index is 333. The average Bonchev–Trinajstić information content (AvgIpc) is 2.77. The molecule has 1 N–H and O–H groups in total. The van der Waals surface area contributed by atoms with Gasteiger partial charge in [-0.25, -0.2) is 0 Å². The molecule has 102 valence electrons. The van der Waals surface area contributed by atoms with Crippen LogP contribution >= 0.6 is 11.3 Å². The fourth-order valence-corrected chi connectivity index (χ4v) is 2.91. The number of hydrogen-bond acceptors (Lipinski definition) is 3. The van der Waals surface area contributed by atoms with Crippen LogP contribution in [0.1, 0.15) is 35.9 Å². The second kappa shape index (κ2) is 9.31. The van der Waals surface area contributed by atoms with E-state index >= 15 is 0 Å². The molecule has 0 unspecified atom stereocenters. The SMILES string of the molecule is C=CCCCN(C)Cc1ccc(CNCCC)s1. The summed E-state index contributed by atoms with van der Waals surface area (Å²) in [6.07, 6.45) is 5.51. The van der Waals surface area contributed by atoms with Gasteiger partial charge >= 0.3 is 0 Å². The fourth-order valence-electron chi connectivity index (χ4n) is 1.84. The molecule has 0 aromatic carbocycles. The molecule has 0 spiro atoms. The van der Waals surface area contributed by atoms with E-state index in [1.165, 1.54) is 22.6 Å². The molecule has 0 amide bonds. The van der Waals surface area contributed by atoms with E-state index in [9.17, 15) is 0 Å². The predicted molar refractivity (Wildman–Crippen MR) is 82.1 cm³/mol. The van der Waals surface area contributed by atoms with Crippen LogP contribution in [-0.4, -0.2) is 25.0 Å². The first-order valence-electron chi connectivity index (χ1n) is 6.84. The van der Waals surface area contributed by atoms with Crippen molar-refractivity contribution in [2.45, 2.75) is 39.3 Å². The van der Waals surface area contributed by atoms with Gasteiger partial charge in [0, 0.05) is 22.8 Å². The second-order valence-electron chi connectivity index (χ2n) is 4.71. The molecule has 0 radical (unpaired) electrons. The molecular formula is C15H26N2S. The Labute approximate surface area is 116 Å². The number of nitrogens with one attached hydrogen (secondary N) is 1. The van der Waals surface area contributed by atoms with E-state index < -0.39 is 0 Å². The van der Waals surface area contributed by atoms with Crippen molar-refractivity contribution in [3.05, 3.63) is 34.5 Å². The largest absolute Gasteiger partial charge is 0.312 e. The van der Waals surface area contributed by atoms with Gasteiger partial charge in [-0.3, -0.25) is 0 Å². The van der Waals surface area contributed by atoms with Gasteiger partial charge in [0.1, 0.15) is 0 Å². The van der Waals surface area contributed by atoms with Crippen LogP contribution < -0.4 is 5.32 Å². The van der Waals surface area contributed by atoms with E-state index in [4.69, 9.17) is 0 Å². The molecule has 0 bridgehead atoms. The third-order valence-electron chi connectivity index (χ3n) is 2.82. The lowest BCUT2D eigenvalue weighted by Gasteiger charge is -2.14. The number of unbranched alkanes of at least 4 members (excludes halogenated alkanes) is 1. The number of nitrogens with zero attached hydrogens (tertiary/aromatic N) is 1. The van der Waals surface area contributed by atoms with Crippen molar-refractivity contribution in [1.82, 2.24) is 10.2 Å². The normalized spacial score (nSPS) is 11.1. The van der Waals surface area contributed by atoms with Gasteiger partial charge in [-0.2, -0.15) is 0 Å². The molecule has 0 atom stereocenters. The van der Waals surface area contributed by atoms with Crippen LogP contribution in [-0.2, 0) is 13.1 Å². The van der Waals surface area contributed by atoms with Crippen molar-refractivity contribution in [2.24, 2.45) is 0 Å². The molecule has 2 nitrogen and oxygen atoms in total. The molecule has 3 heteroatoms. The lowest BCUT2D eigenvalue weighted by atomic mass is 10.3. The van der Waals surface area contributed by atoms with Crippen LogP contribution in [0.25, 0.3) is 0 Å².